The summed E-state index contributed by atoms with van der Waals surface area (Å²) >= 11 is 0. The summed E-state index contributed by atoms with van der Waals surface area (Å²) in [4.78, 5) is 11.5. The van der Waals surface area contributed by atoms with Gasteiger partial charge < -0.3 is 11.1 Å². The van der Waals surface area contributed by atoms with Gasteiger partial charge in [0.25, 0.3) is 0 Å². The number of carbonyl (C=O) groups excluding carboxylic acids is 1. The number of nitrogens with two attached hydrogens (primary N) is 1. The van der Waals surface area contributed by atoms with Gasteiger partial charge in [-0.1, -0.05) is 31.0 Å². The van der Waals surface area contributed by atoms with E-state index in [0.717, 1.165) is 37.9 Å². The Bertz CT molecular complexity index is 304. The molecule has 0 aliphatic carbocycles. The van der Waals surface area contributed by atoms with E-state index in [1.165, 1.54) is 0 Å². The van der Waals surface area contributed by atoms with E-state index in [9.17, 15) is 4.79 Å². The highest BCUT2D eigenvalue weighted by atomic mass is 35.5. The first-order chi connectivity index (χ1) is 7.83. The van der Waals surface area contributed by atoms with Crippen LogP contribution in [0.5, 0.6) is 0 Å². The number of para-hydroxylation sites is 1. The molecule has 0 saturated heterocycles. The quantitative estimate of drug-likeness (QED) is 0.737. The molecule has 0 heterocycles. The number of halogens is 1. The van der Waals surface area contributed by atoms with Gasteiger partial charge in [0.15, 0.2) is 0 Å². The fraction of sp³-hybridized carbons (Fsp3) is 0.462. The molecular formula is C13H21ClN2O. The van der Waals surface area contributed by atoms with Gasteiger partial charge in [-0.15, -0.1) is 12.4 Å². The summed E-state index contributed by atoms with van der Waals surface area (Å²) in [5, 5.41) is 2.87. The van der Waals surface area contributed by atoms with E-state index in [0.29, 0.717) is 6.42 Å². The standard InChI is InChI=1S/C13H20N2O.ClH/c14-11-7-2-1-6-10-13(16)15-12-8-4-3-5-9-12;/h3-5,8-9H,1-2,6-7,10-11,14H2,(H,15,16);1H. The van der Waals surface area contributed by atoms with E-state index in [2.05, 4.69) is 5.32 Å². The van der Waals surface area contributed by atoms with Crippen LogP contribution in [-0.2, 0) is 4.79 Å². The molecule has 1 aromatic rings. The third-order valence-corrected chi connectivity index (χ3v) is 2.42. The van der Waals surface area contributed by atoms with Crippen LogP contribution in [0.3, 0.4) is 0 Å². The number of nitrogens with one attached hydrogen (secondary N) is 1. The van der Waals surface area contributed by atoms with Gasteiger partial charge in [0.2, 0.25) is 5.91 Å². The summed E-state index contributed by atoms with van der Waals surface area (Å²) in [5.41, 5.74) is 6.26. The molecule has 1 aromatic carbocycles. The second-order valence-corrected chi connectivity index (χ2v) is 3.87. The topological polar surface area (TPSA) is 55.1 Å². The summed E-state index contributed by atoms with van der Waals surface area (Å²) in [7, 11) is 0. The Morgan fingerprint density at radius 2 is 1.71 bits per heavy atom. The van der Waals surface area contributed by atoms with Crippen LogP contribution in [-0.4, -0.2) is 12.5 Å². The zero-order valence-corrected chi connectivity index (χ0v) is 10.8. The van der Waals surface area contributed by atoms with Crippen LogP contribution in [0.15, 0.2) is 30.3 Å². The van der Waals surface area contributed by atoms with Crippen LogP contribution in [0.2, 0.25) is 0 Å². The average Bonchev–Trinajstić information content (AvgIpc) is 2.30. The molecule has 0 fully saturated rings. The predicted molar refractivity (Wildman–Crippen MR) is 74.5 cm³/mol. The Kier molecular flexibility index (Phi) is 9.49. The van der Waals surface area contributed by atoms with E-state index in [4.69, 9.17) is 5.73 Å². The maximum atomic E-state index is 11.5. The van der Waals surface area contributed by atoms with Gasteiger partial charge in [-0.2, -0.15) is 0 Å². The SMILES string of the molecule is Cl.NCCCCCCC(=O)Nc1ccccc1. The van der Waals surface area contributed by atoms with Gasteiger partial charge >= 0.3 is 0 Å². The highest BCUT2D eigenvalue weighted by Gasteiger charge is 2.00. The Balaban J connectivity index is 0.00000256. The maximum absolute atomic E-state index is 11.5. The molecule has 0 aliphatic rings. The lowest BCUT2D eigenvalue weighted by molar-refractivity contribution is -0.116. The second kappa shape index (κ2) is 10.1. The molecule has 0 bridgehead atoms. The molecule has 1 amide bonds. The van der Waals surface area contributed by atoms with Gasteiger partial charge in [0.05, 0.1) is 0 Å². The van der Waals surface area contributed by atoms with Crippen molar-refractivity contribution in [2.45, 2.75) is 32.1 Å². The zero-order chi connectivity index (χ0) is 11.6. The molecule has 0 radical (unpaired) electrons. The van der Waals surface area contributed by atoms with Gasteiger partial charge in [-0.05, 0) is 31.5 Å². The second-order valence-electron chi connectivity index (χ2n) is 3.87. The third kappa shape index (κ3) is 7.77. The van der Waals surface area contributed by atoms with Crippen molar-refractivity contribution in [1.29, 1.82) is 0 Å². The minimum atomic E-state index is 0. The maximum Gasteiger partial charge on any atom is 0.224 e. The summed E-state index contributed by atoms with van der Waals surface area (Å²) in [6, 6.07) is 9.55. The molecule has 0 saturated carbocycles. The normalized spacial score (nSPS) is 9.47. The van der Waals surface area contributed by atoms with Crippen molar-refractivity contribution in [3.05, 3.63) is 30.3 Å². The van der Waals surface area contributed by atoms with Crippen LogP contribution < -0.4 is 11.1 Å². The lowest BCUT2D eigenvalue weighted by Crippen LogP contribution is -2.10. The highest BCUT2D eigenvalue weighted by Crippen LogP contribution is 2.07. The van der Waals surface area contributed by atoms with E-state index in [1.54, 1.807) is 0 Å². The number of benzene rings is 1. The Morgan fingerprint density at radius 3 is 2.35 bits per heavy atom. The monoisotopic (exact) mass is 256 g/mol. The minimum Gasteiger partial charge on any atom is -0.330 e. The molecule has 3 N–H and O–H groups in total. The van der Waals surface area contributed by atoms with Crippen LogP contribution in [0.1, 0.15) is 32.1 Å². The van der Waals surface area contributed by atoms with Gasteiger partial charge in [0, 0.05) is 12.1 Å². The predicted octanol–water partition coefficient (Wildman–Crippen LogP) is 2.96. The summed E-state index contributed by atoms with van der Waals surface area (Å²) in [6.45, 7) is 0.746. The smallest absolute Gasteiger partial charge is 0.224 e. The fourth-order valence-electron chi connectivity index (χ4n) is 1.53. The van der Waals surface area contributed by atoms with Crippen molar-refractivity contribution in [1.82, 2.24) is 0 Å². The largest absolute Gasteiger partial charge is 0.330 e. The summed E-state index contributed by atoms with van der Waals surface area (Å²) in [6.07, 6.45) is 4.80. The number of rotatable bonds is 7. The highest BCUT2D eigenvalue weighted by molar-refractivity contribution is 5.90. The van der Waals surface area contributed by atoms with Crippen molar-refractivity contribution in [3.63, 3.8) is 0 Å². The first kappa shape index (κ1) is 15.9. The molecule has 4 heteroatoms. The third-order valence-electron chi connectivity index (χ3n) is 2.42. The van der Waals surface area contributed by atoms with Crippen LogP contribution in [0.4, 0.5) is 5.69 Å². The molecule has 0 atom stereocenters. The fourth-order valence-corrected chi connectivity index (χ4v) is 1.53. The minimum absolute atomic E-state index is 0. The van der Waals surface area contributed by atoms with Crippen LogP contribution in [0, 0.1) is 0 Å². The van der Waals surface area contributed by atoms with Gasteiger partial charge in [-0.3, -0.25) is 4.79 Å². The first-order valence-electron chi connectivity index (χ1n) is 5.88. The summed E-state index contributed by atoms with van der Waals surface area (Å²) in [5.74, 6) is 0.0962. The molecule has 0 aromatic heterocycles. The lowest BCUT2D eigenvalue weighted by atomic mass is 10.1. The first-order valence-corrected chi connectivity index (χ1v) is 5.88. The van der Waals surface area contributed by atoms with E-state index in [1.807, 2.05) is 30.3 Å². The molecule has 1 rings (SSSR count). The number of unbranched alkanes of at least 4 members (excludes halogenated alkanes) is 3. The summed E-state index contributed by atoms with van der Waals surface area (Å²) < 4.78 is 0. The van der Waals surface area contributed by atoms with Crippen molar-refractivity contribution in [3.8, 4) is 0 Å². The van der Waals surface area contributed by atoms with Gasteiger partial charge in [-0.25, -0.2) is 0 Å². The van der Waals surface area contributed by atoms with E-state index < -0.39 is 0 Å². The van der Waals surface area contributed by atoms with Crippen molar-refractivity contribution in [2.75, 3.05) is 11.9 Å². The van der Waals surface area contributed by atoms with E-state index >= 15 is 0 Å². The Morgan fingerprint density at radius 1 is 1.06 bits per heavy atom. The zero-order valence-electron chi connectivity index (χ0n) is 10.0. The molecular weight excluding hydrogens is 236 g/mol. The van der Waals surface area contributed by atoms with Crippen molar-refractivity contribution < 1.29 is 4.79 Å². The number of amides is 1. The molecule has 96 valence electrons. The molecule has 0 aliphatic heterocycles. The van der Waals surface area contributed by atoms with Crippen LogP contribution in [0.25, 0.3) is 0 Å². The van der Waals surface area contributed by atoms with Crippen LogP contribution >= 0.6 is 12.4 Å². The molecule has 0 unspecified atom stereocenters. The molecule has 3 nitrogen and oxygen atoms in total. The number of carbonyl (C=O) groups is 1. The Labute approximate surface area is 109 Å². The van der Waals surface area contributed by atoms with Crippen molar-refractivity contribution in [2.24, 2.45) is 5.73 Å². The number of hydrogen-bond acceptors (Lipinski definition) is 2. The molecule has 17 heavy (non-hydrogen) atoms. The number of anilines is 1. The lowest BCUT2D eigenvalue weighted by Gasteiger charge is -2.04. The van der Waals surface area contributed by atoms with Crippen molar-refractivity contribution >= 4 is 24.0 Å². The van der Waals surface area contributed by atoms with E-state index in [-0.39, 0.29) is 18.3 Å². The average molecular weight is 257 g/mol. The Hall–Kier alpha value is -1.06. The molecule has 0 spiro atoms. The number of hydrogen-bond donors (Lipinski definition) is 2. The van der Waals surface area contributed by atoms with Gasteiger partial charge in [0.1, 0.15) is 0 Å².